The topological polar surface area (TPSA) is 94.9 Å². The van der Waals surface area contributed by atoms with E-state index in [-0.39, 0.29) is 17.8 Å². The van der Waals surface area contributed by atoms with E-state index in [0.717, 1.165) is 5.56 Å². The first-order valence-electron chi connectivity index (χ1n) is 10.1. The molecule has 3 aromatic rings. The number of hydrogen-bond donors (Lipinski definition) is 2. The van der Waals surface area contributed by atoms with Gasteiger partial charge in [0.2, 0.25) is 0 Å². The molecule has 0 aliphatic carbocycles. The van der Waals surface area contributed by atoms with Gasteiger partial charge in [-0.2, -0.15) is 0 Å². The summed E-state index contributed by atoms with van der Waals surface area (Å²) < 4.78 is 0. The van der Waals surface area contributed by atoms with Gasteiger partial charge in [0.15, 0.2) is 0 Å². The third kappa shape index (κ3) is 3.90. The summed E-state index contributed by atoms with van der Waals surface area (Å²) in [7, 11) is 0. The Hall–Kier alpha value is -4.19. The van der Waals surface area contributed by atoms with Crippen molar-refractivity contribution in [3.8, 4) is 0 Å². The lowest BCUT2D eigenvalue weighted by Gasteiger charge is -2.26. The van der Waals surface area contributed by atoms with Gasteiger partial charge in [0.1, 0.15) is 5.76 Å². The van der Waals surface area contributed by atoms with Crippen LogP contribution in [-0.4, -0.2) is 27.9 Å². The second-order valence-corrected chi connectivity index (χ2v) is 7.69. The quantitative estimate of drug-likeness (QED) is 0.361. The summed E-state index contributed by atoms with van der Waals surface area (Å²) >= 11 is 0. The molecule has 1 heterocycles. The van der Waals surface area contributed by atoms with Gasteiger partial charge >= 0.3 is 5.97 Å². The minimum absolute atomic E-state index is 0.0152. The second-order valence-electron chi connectivity index (χ2n) is 7.69. The van der Waals surface area contributed by atoms with Crippen LogP contribution in [0.5, 0.6) is 0 Å². The van der Waals surface area contributed by atoms with E-state index in [2.05, 4.69) is 0 Å². The number of amides is 1. The minimum atomic E-state index is -0.958. The van der Waals surface area contributed by atoms with Crippen LogP contribution in [0.4, 0.5) is 5.69 Å². The summed E-state index contributed by atoms with van der Waals surface area (Å²) in [6.45, 7) is 1.91. The summed E-state index contributed by atoms with van der Waals surface area (Å²) in [4.78, 5) is 38.6. The van der Waals surface area contributed by atoms with Crippen molar-refractivity contribution in [1.29, 1.82) is 0 Å². The maximum absolute atomic E-state index is 13.1. The van der Waals surface area contributed by atoms with Gasteiger partial charge < -0.3 is 10.2 Å². The van der Waals surface area contributed by atoms with E-state index >= 15 is 0 Å². The van der Waals surface area contributed by atoms with E-state index in [0.29, 0.717) is 22.4 Å². The number of hydrogen-bond acceptors (Lipinski definition) is 4. The molecule has 6 nitrogen and oxygen atoms in total. The molecule has 3 aromatic carbocycles. The molecule has 1 aliphatic rings. The van der Waals surface area contributed by atoms with Gasteiger partial charge in [-0.25, -0.2) is 0 Å². The Balaban J connectivity index is 1.88. The Morgan fingerprint density at radius 3 is 2.22 bits per heavy atom. The number of nitrogens with zero attached hydrogens (tertiary/aromatic N) is 1. The van der Waals surface area contributed by atoms with Crippen molar-refractivity contribution in [3.63, 3.8) is 0 Å². The van der Waals surface area contributed by atoms with Crippen LogP contribution in [-0.2, 0) is 20.8 Å². The zero-order valence-electron chi connectivity index (χ0n) is 17.4. The maximum atomic E-state index is 13.1. The first-order valence-corrected chi connectivity index (χ1v) is 10.1. The standard InChI is InChI=1S/C26H21NO5/c1-16-6-5-9-19(14-16)23-22(24(30)18-7-3-2-4-8-18)25(31)26(32)27(23)20-12-10-17(11-13-20)15-21(28)29/h2-14,23,30H,15H2,1H3,(H,28,29)/b24-22+. The van der Waals surface area contributed by atoms with Crippen molar-refractivity contribution in [1.82, 2.24) is 0 Å². The Kier molecular flexibility index (Phi) is 5.60. The number of aliphatic hydroxyl groups excluding tert-OH is 1. The van der Waals surface area contributed by atoms with Gasteiger partial charge in [-0.1, -0.05) is 72.3 Å². The summed E-state index contributed by atoms with van der Waals surface area (Å²) in [5, 5.41) is 20.0. The van der Waals surface area contributed by atoms with Crippen LogP contribution < -0.4 is 4.90 Å². The van der Waals surface area contributed by atoms with Crippen molar-refractivity contribution in [3.05, 3.63) is 107 Å². The largest absolute Gasteiger partial charge is 0.507 e. The number of carboxylic acid groups (broad SMARTS) is 1. The highest BCUT2D eigenvalue weighted by molar-refractivity contribution is 6.51. The average molecular weight is 427 g/mol. The molecular formula is C26H21NO5. The fourth-order valence-corrected chi connectivity index (χ4v) is 3.95. The van der Waals surface area contributed by atoms with Gasteiger partial charge in [0.25, 0.3) is 11.7 Å². The van der Waals surface area contributed by atoms with Gasteiger partial charge in [-0.15, -0.1) is 0 Å². The number of carbonyl (C=O) groups is 3. The Labute approximate surface area is 185 Å². The first-order chi connectivity index (χ1) is 15.4. The molecule has 1 unspecified atom stereocenters. The molecule has 2 N–H and O–H groups in total. The third-order valence-electron chi connectivity index (χ3n) is 5.42. The van der Waals surface area contributed by atoms with Gasteiger partial charge in [-0.05, 0) is 30.2 Å². The predicted molar refractivity (Wildman–Crippen MR) is 120 cm³/mol. The van der Waals surface area contributed by atoms with Crippen LogP contribution in [0.25, 0.3) is 5.76 Å². The second kappa shape index (κ2) is 8.51. The molecule has 1 atom stereocenters. The maximum Gasteiger partial charge on any atom is 0.307 e. The molecule has 32 heavy (non-hydrogen) atoms. The third-order valence-corrected chi connectivity index (χ3v) is 5.42. The number of carboxylic acids is 1. The SMILES string of the molecule is Cc1cccc(C2/C(=C(\O)c3ccccc3)C(=O)C(=O)N2c2ccc(CC(=O)O)cc2)c1. The zero-order valence-corrected chi connectivity index (χ0v) is 17.4. The molecule has 0 bridgehead atoms. The summed E-state index contributed by atoms with van der Waals surface area (Å²) in [6.07, 6.45) is -0.144. The highest BCUT2D eigenvalue weighted by atomic mass is 16.4. The molecule has 6 heteroatoms. The van der Waals surface area contributed by atoms with E-state index in [4.69, 9.17) is 5.11 Å². The van der Waals surface area contributed by atoms with E-state index < -0.39 is 23.7 Å². The smallest absolute Gasteiger partial charge is 0.307 e. The lowest BCUT2D eigenvalue weighted by atomic mass is 9.94. The van der Waals surface area contributed by atoms with Crippen molar-refractivity contribution in [2.75, 3.05) is 4.90 Å². The number of aliphatic hydroxyl groups is 1. The van der Waals surface area contributed by atoms with Crippen molar-refractivity contribution in [2.45, 2.75) is 19.4 Å². The number of carbonyl (C=O) groups excluding carboxylic acids is 2. The van der Waals surface area contributed by atoms with E-state index in [1.54, 1.807) is 54.6 Å². The van der Waals surface area contributed by atoms with Gasteiger partial charge in [0.05, 0.1) is 18.0 Å². The number of aryl methyl sites for hydroxylation is 1. The monoisotopic (exact) mass is 427 g/mol. The van der Waals surface area contributed by atoms with Crippen LogP contribution in [0.3, 0.4) is 0 Å². The lowest BCUT2D eigenvalue weighted by molar-refractivity contribution is -0.136. The molecule has 160 valence electrons. The van der Waals surface area contributed by atoms with Crippen LogP contribution in [0.2, 0.25) is 0 Å². The van der Waals surface area contributed by atoms with Crippen molar-refractivity contribution < 1.29 is 24.6 Å². The number of anilines is 1. The Morgan fingerprint density at radius 1 is 0.906 bits per heavy atom. The average Bonchev–Trinajstić information content (AvgIpc) is 3.05. The number of Topliss-reactive ketones (excluding diaryl/α,β-unsaturated/α-hetero) is 1. The molecule has 1 amide bonds. The van der Waals surface area contributed by atoms with Crippen LogP contribution in [0.1, 0.15) is 28.3 Å². The molecule has 1 saturated heterocycles. The van der Waals surface area contributed by atoms with E-state index in [1.165, 1.54) is 4.90 Å². The van der Waals surface area contributed by atoms with Crippen LogP contribution in [0.15, 0.2) is 84.4 Å². The molecule has 0 aromatic heterocycles. The van der Waals surface area contributed by atoms with Crippen molar-refractivity contribution >= 4 is 29.1 Å². The molecule has 0 radical (unpaired) electrons. The normalized spacial score (nSPS) is 17.5. The lowest BCUT2D eigenvalue weighted by Crippen LogP contribution is -2.29. The number of rotatable bonds is 5. The molecular weight excluding hydrogens is 406 g/mol. The van der Waals surface area contributed by atoms with Gasteiger partial charge in [0, 0.05) is 11.3 Å². The summed E-state index contributed by atoms with van der Waals surface area (Å²) in [6, 6.07) is 21.7. The number of ketones is 1. The van der Waals surface area contributed by atoms with E-state index in [9.17, 15) is 19.5 Å². The van der Waals surface area contributed by atoms with Gasteiger partial charge in [-0.3, -0.25) is 19.3 Å². The molecule has 0 saturated carbocycles. The minimum Gasteiger partial charge on any atom is -0.507 e. The first kappa shape index (κ1) is 21.1. The molecule has 0 spiro atoms. The fraction of sp³-hybridized carbons (Fsp3) is 0.115. The van der Waals surface area contributed by atoms with E-state index in [1.807, 2.05) is 31.2 Å². The Morgan fingerprint density at radius 2 is 1.59 bits per heavy atom. The summed E-state index contributed by atoms with van der Waals surface area (Å²) in [5.41, 5.74) is 3.12. The number of benzene rings is 3. The highest BCUT2D eigenvalue weighted by Gasteiger charge is 2.46. The molecule has 4 rings (SSSR count). The van der Waals surface area contributed by atoms with Crippen molar-refractivity contribution in [2.24, 2.45) is 0 Å². The molecule has 1 aliphatic heterocycles. The Bertz CT molecular complexity index is 1230. The summed E-state index contributed by atoms with van der Waals surface area (Å²) in [5.74, 6) is -2.71. The molecule has 1 fully saturated rings. The van der Waals surface area contributed by atoms with Crippen LogP contribution in [0, 0.1) is 6.92 Å². The number of aliphatic carboxylic acids is 1. The zero-order chi connectivity index (χ0) is 22.8. The predicted octanol–water partition coefficient (Wildman–Crippen LogP) is 4.25. The van der Waals surface area contributed by atoms with Crippen LogP contribution >= 0.6 is 0 Å². The highest BCUT2D eigenvalue weighted by Crippen LogP contribution is 2.42. The fourth-order valence-electron chi connectivity index (χ4n) is 3.95.